The number of pyridine rings is 2. The van der Waals surface area contributed by atoms with E-state index in [1.165, 1.54) is 38.7 Å². The van der Waals surface area contributed by atoms with Crippen molar-refractivity contribution in [1.82, 2.24) is 0 Å². The number of carboxylic acid groups (broad SMARTS) is 1. The van der Waals surface area contributed by atoms with Crippen molar-refractivity contribution < 1.29 is 53.7 Å². The molecular formula is C36H36Cl2N2O9+2. The molecule has 2 heterocycles. The van der Waals surface area contributed by atoms with Gasteiger partial charge in [0.25, 0.3) is 0 Å². The first-order valence-electron chi connectivity index (χ1n) is 14.9. The third-order valence-corrected chi connectivity index (χ3v) is 7.84. The summed E-state index contributed by atoms with van der Waals surface area (Å²) in [5.41, 5.74) is 2.95. The largest absolute Gasteiger partial charge is 0.506 e. The number of hydrogen-bond acceptors (Lipinski definition) is 8. The minimum Gasteiger partial charge on any atom is -0.506 e. The molecule has 0 fully saturated rings. The van der Waals surface area contributed by atoms with E-state index in [0.717, 1.165) is 35.2 Å². The van der Waals surface area contributed by atoms with E-state index < -0.39 is 17.9 Å². The van der Waals surface area contributed by atoms with Crippen molar-refractivity contribution in [3.63, 3.8) is 0 Å². The van der Waals surface area contributed by atoms with E-state index in [1.807, 2.05) is 35.2 Å². The average Bonchev–Trinajstić information content (AvgIpc) is 3.10. The third-order valence-electron chi connectivity index (χ3n) is 7.08. The predicted molar refractivity (Wildman–Crippen MR) is 183 cm³/mol. The average molecular weight is 712 g/mol. The number of hydrogen-bond donors (Lipinski definition) is 4. The van der Waals surface area contributed by atoms with Gasteiger partial charge in [0, 0.05) is 53.0 Å². The fraction of sp³-hybridized carbons (Fsp3) is 0.194. The maximum absolute atomic E-state index is 11.6. The van der Waals surface area contributed by atoms with E-state index in [1.54, 1.807) is 42.5 Å². The molecule has 13 heteroatoms. The highest BCUT2D eigenvalue weighted by Gasteiger charge is 2.17. The Kier molecular flexibility index (Phi) is 14.6. The third kappa shape index (κ3) is 11.4. The first kappa shape index (κ1) is 38.1. The summed E-state index contributed by atoms with van der Waals surface area (Å²) in [6, 6.07) is 13.4. The molecule has 0 aliphatic heterocycles. The lowest BCUT2D eigenvalue weighted by molar-refractivity contribution is -0.904. The number of nitrogens with zero attached hydrogens (tertiary/aromatic N) is 2. The quantitative estimate of drug-likeness (QED) is 0.0560. The predicted octanol–water partition coefficient (Wildman–Crippen LogP) is 6.46. The summed E-state index contributed by atoms with van der Waals surface area (Å²) in [7, 11) is 2.49. The van der Waals surface area contributed by atoms with Crippen LogP contribution in [-0.2, 0) is 20.8 Å². The second-order valence-electron chi connectivity index (χ2n) is 10.5. The van der Waals surface area contributed by atoms with Crippen LogP contribution >= 0.6 is 23.2 Å². The normalized spacial score (nSPS) is 10.9. The summed E-state index contributed by atoms with van der Waals surface area (Å²) < 4.78 is 12.2. The number of aliphatic carboxylic acids is 1. The molecule has 0 radical (unpaired) electrons. The summed E-state index contributed by atoms with van der Waals surface area (Å²) in [5, 5.41) is 37.8. The standard InChI is InChI=1S/C21H22ClNO5.C15H12ClNO4/c1-28-21(27)17-9-8-16(20(26)19(17)22)7-6-15-10-13-23(14-11-15)12-4-2-3-5-18(24)25;1-21-15(19)12-5-4-11(14(18)13(12)16)3-2-10-6-8-17(20)9-7-10/h6-11,13-14H,2-5,12H2,1H3,(H,24,25);2-9,20H,1H3/p+2. The molecular weight excluding hydrogens is 675 g/mol. The highest BCUT2D eigenvalue weighted by molar-refractivity contribution is 6.35. The molecule has 0 atom stereocenters. The maximum atomic E-state index is 11.6. The number of halogens is 2. The van der Waals surface area contributed by atoms with E-state index in [-0.39, 0.29) is 39.1 Å². The van der Waals surface area contributed by atoms with Gasteiger partial charge in [-0.15, -0.1) is 0 Å². The number of methoxy groups -OCH3 is 2. The van der Waals surface area contributed by atoms with Crippen LogP contribution < -0.4 is 9.30 Å². The zero-order valence-corrected chi connectivity index (χ0v) is 28.3. The minimum atomic E-state index is -0.754. The van der Waals surface area contributed by atoms with Gasteiger partial charge in [0.1, 0.15) is 18.0 Å². The zero-order chi connectivity index (χ0) is 35.9. The van der Waals surface area contributed by atoms with Gasteiger partial charge in [-0.2, -0.15) is 0 Å². The Morgan fingerprint density at radius 2 is 1.12 bits per heavy atom. The highest BCUT2D eigenvalue weighted by Crippen LogP contribution is 2.33. The van der Waals surface area contributed by atoms with E-state index >= 15 is 0 Å². The molecule has 2 aromatic heterocycles. The van der Waals surface area contributed by atoms with Gasteiger partial charge in [-0.25, -0.2) is 14.2 Å². The van der Waals surface area contributed by atoms with Crippen LogP contribution in [0.15, 0.2) is 73.3 Å². The van der Waals surface area contributed by atoms with Gasteiger partial charge in [0.2, 0.25) is 12.4 Å². The molecule has 0 spiro atoms. The molecule has 2 aromatic carbocycles. The molecule has 0 amide bonds. The van der Waals surface area contributed by atoms with E-state index in [0.29, 0.717) is 17.5 Å². The summed E-state index contributed by atoms with van der Waals surface area (Å²) in [5.74, 6) is -2.33. The minimum absolute atomic E-state index is 0.0391. The number of carbonyl (C=O) groups excluding carboxylic acids is 2. The number of unbranched alkanes of at least 4 members (excludes halogenated alkanes) is 2. The van der Waals surface area contributed by atoms with Crippen molar-refractivity contribution in [3.05, 3.63) is 117 Å². The molecule has 0 saturated carbocycles. The molecule has 0 bridgehead atoms. The Morgan fingerprint density at radius 1 is 0.673 bits per heavy atom. The van der Waals surface area contributed by atoms with Gasteiger partial charge >= 0.3 is 17.9 Å². The van der Waals surface area contributed by atoms with Crippen molar-refractivity contribution in [2.24, 2.45) is 0 Å². The molecule has 0 aliphatic rings. The Morgan fingerprint density at radius 3 is 1.55 bits per heavy atom. The lowest BCUT2D eigenvalue weighted by atomic mass is 10.1. The van der Waals surface area contributed by atoms with Crippen LogP contribution in [0.5, 0.6) is 11.5 Å². The topological polar surface area (TPSA) is 158 Å². The van der Waals surface area contributed by atoms with E-state index in [9.17, 15) is 24.6 Å². The van der Waals surface area contributed by atoms with E-state index in [4.69, 9.17) is 33.5 Å². The SMILES string of the molecule is COC(=O)c1ccc(/C=C/c2cc[n+](CCCCCC(=O)O)cc2)c(O)c1Cl.COC(=O)c1ccc(/C=C/c2cc[n+](O)cc2)c(O)c1Cl. The number of carboxylic acids is 1. The fourth-order valence-corrected chi connectivity index (χ4v) is 4.85. The maximum Gasteiger partial charge on any atom is 0.339 e. The first-order chi connectivity index (χ1) is 23.4. The molecule has 4 N–H and O–H groups in total. The van der Waals surface area contributed by atoms with Gasteiger partial charge < -0.3 is 24.8 Å². The molecule has 11 nitrogen and oxygen atoms in total. The fourth-order valence-electron chi connectivity index (χ4n) is 4.35. The number of aromatic hydroxyl groups is 2. The van der Waals surface area contributed by atoms with Crippen molar-refractivity contribution in [3.8, 4) is 11.5 Å². The number of esters is 2. The smallest absolute Gasteiger partial charge is 0.339 e. The van der Waals surface area contributed by atoms with Crippen molar-refractivity contribution in [2.45, 2.75) is 32.2 Å². The molecule has 0 unspecified atom stereocenters. The molecule has 4 aromatic rings. The highest BCUT2D eigenvalue weighted by atomic mass is 35.5. The van der Waals surface area contributed by atoms with Crippen molar-refractivity contribution >= 4 is 65.4 Å². The van der Waals surface area contributed by atoms with Gasteiger partial charge in [0.05, 0.1) is 35.4 Å². The summed E-state index contributed by atoms with van der Waals surface area (Å²) >= 11 is 12.0. The molecule has 4 rings (SSSR count). The van der Waals surface area contributed by atoms with Gasteiger partial charge in [-0.05, 0) is 36.1 Å². The Balaban J connectivity index is 0.000000276. The lowest BCUT2D eigenvalue weighted by Crippen LogP contribution is -2.32. The van der Waals surface area contributed by atoms with Crippen molar-refractivity contribution in [2.75, 3.05) is 14.2 Å². The van der Waals surface area contributed by atoms with Crippen LogP contribution in [0.3, 0.4) is 0 Å². The number of aromatic nitrogens is 2. The lowest BCUT2D eigenvalue weighted by Gasteiger charge is -2.06. The van der Waals surface area contributed by atoms with Gasteiger partial charge in [-0.1, -0.05) is 59.6 Å². The Hall–Kier alpha value is -5.39. The number of carbonyl (C=O) groups is 3. The summed E-state index contributed by atoms with van der Waals surface area (Å²) in [4.78, 5) is 33.5. The van der Waals surface area contributed by atoms with Crippen LogP contribution in [-0.4, -0.2) is 52.7 Å². The summed E-state index contributed by atoms with van der Waals surface area (Å²) in [6.45, 7) is 0.828. The first-order valence-corrected chi connectivity index (χ1v) is 15.7. The number of rotatable bonds is 12. The van der Waals surface area contributed by atoms with Crippen LogP contribution in [0.25, 0.3) is 24.3 Å². The second-order valence-corrected chi connectivity index (χ2v) is 11.2. The van der Waals surface area contributed by atoms with Gasteiger partial charge in [0.15, 0.2) is 12.4 Å². The van der Waals surface area contributed by atoms with Crippen LogP contribution in [0.4, 0.5) is 0 Å². The van der Waals surface area contributed by atoms with Crippen LogP contribution in [0, 0.1) is 0 Å². The number of aryl methyl sites for hydroxylation is 1. The number of ether oxygens (including phenoxy) is 2. The van der Waals surface area contributed by atoms with Crippen molar-refractivity contribution in [1.29, 1.82) is 0 Å². The van der Waals surface area contributed by atoms with Crippen LogP contribution in [0.1, 0.15) is 68.7 Å². The van der Waals surface area contributed by atoms with E-state index in [2.05, 4.69) is 9.47 Å². The molecule has 256 valence electrons. The number of phenols is 2. The van der Waals surface area contributed by atoms with Gasteiger partial charge in [-0.3, -0.25) is 10.0 Å². The number of benzene rings is 2. The molecule has 0 saturated heterocycles. The Bertz CT molecular complexity index is 1820. The number of phenolic OH excluding ortho intramolecular Hbond substituents is 2. The molecule has 0 aliphatic carbocycles. The second kappa shape index (κ2) is 18.8. The van der Waals surface area contributed by atoms with Crippen LogP contribution in [0.2, 0.25) is 10.0 Å². The molecule has 49 heavy (non-hydrogen) atoms. The zero-order valence-electron chi connectivity index (χ0n) is 26.8. The Labute approximate surface area is 293 Å². The summed E-state index contributed by atoms with van der Waals surface area (Å²) in [6.07, 6.45) is 16.5. The monoisotopic (exact) mass is 710 g/mol.